The molecule has 33 heavy (non-hydrogen) atoms. The lowest BCUT2D eigenvalue weighted by molar-refractivity contribution is -0.285. The SMILES string of the molecule is CCN1C[C@]2(COC)CC[C@H](OC)[C@@]34C5C[C@@H]6C(OC)C[C@@]7(OCO[C@@]7([C@@H](O)[C@H]23)[C@@H]14)C5[C@H]6O. The van der Waals surface area contributed by atoms with Crippen LogP contribution in [0.2, 0.25) is 0 Å². The van der Waals surface area contributed by atoms with E-state index in [2.05, 4.69) is 11.8 Å². The summed E-state index contributed by atoms with van der Waals surface area (Å²) >= 11 is 0. The molecule has 7 fully saturated rings. The van der Waals surface area contributed by atoms with Gasteiger partial charge in [0.2, 0.25) is 0 Å². The lowest BCUT2D eigenvalue weighted by atomic mass is 9.42. The molecule has 8 nitrogen and oxygen atoms in total. The van der Waals surface area contributed by atoms with Crippen molar-refractivity contribution >= 4 is 0 Å². The van der Waals surface area contributed by atoms with E-state index < -0.39 is 23.4 Å². The van der Waals surface area contributed by atoms with Gasteiger partial charge in [0.05, 0.1) is 37.1 Å². The number of piperidine rings is 1. The number of ether oxygens (including phenoxy) is 5. The summed E-state index contributed by atoms with van der Waals surface area (Å²) in [6.45, 7) is 4.74. The van der Waals surface area contributed by atoms with Crippen molar-refractivity contribution in [3.8, 4) is 0 Å². The lowest BCUT2D eigenvalue weighted by Gasteiger charge is -2.70. The molecular weight excluding hydrogens is 426 g/mol. The minimum Gasteiger partial charge on any atom is -0.392 e. The number of likely N-dealkylation sites (tertiary alicyclic amines) is 1. The van der Waals surface area contributed by atoms with Gasteiger partial charge in [-0.05, 0) is 31.7 Å². The molecule has 0 radical (unpaired) electrons. The molecule has 186 valence electrons. The zero-order valence-corrected chi connectivity index (χ0v) is 20.2. The third-order valence-corrected chi connectivity index (χ3v) is 11.8. The molecule has 13 atom stereocenters. The zero-order chi connectivity index (χ0) is 23.0. The highest BCUT2D eigenvalue weighted by Crippen LogP contribution is 2.82. The molecule has 2 saturated heterocycles. The van der Waals surface area contributed by atoms with Crippen LogP contribution in [-0.2, 0) is 23.7 Å². The van der Waals surface area contributed by atoms with Crippen molar-refractivity contribution in [3.05, 3.63) is 0 Å². The first kappa shape index (κ1) is 21.9. The van der Waals surface area contributed by atoms with Gasteiger partial charge in [0, 0.05) is 62.9 Å². The Balaban J connectivity index is 1.55. The molecular formula is C25H39NO7. The van der Waals surface area contributed by atoms with Crippen molar-refractivity contribution in [2.45, 2.75) is 74.3 Å². The van der Waals surface area contributed by atoms with E-state index in [4.69, 9.17) is 23.7 Å². The van der Waals surface area contributed by atoms with Crippen LogP contribution in [-0.4, -0.2) is 105 Å². The molecule has 2 N–H and O–H groups in total. The van der Waals surface area contributed by atoms with Gasteiger partial charge in [-0.3, -0.25) is 4.90 Å². The average Bonchev–Trinajstić information content (AvgIpc) is 3.35. The molecule has 7 bridgehead atoms. The van der Waals surface area contributed by atoms with E-state index in [0.717, 1.165) is 32.4 Å². The molecule has 7 rings (SSSR count). The molecule has 3 unspecified atom stereocenters. The van der Waals surface area contributed by atoms with Crippen molar-refractivity contribution in [2.24, 2.45) is 34.5 Å². The molecule has 3 spiro atoms. The maximum absolute atomic E-state index is 12.5. The molecule has 2 aliphatic heterocycles. The standard InChI is InChI=1S/C25H39NO7/c1-5-26-10-22(11-29-2)7-6-16(31-4)24-14-8-13-15(30-3)9-23(17(14)18(13)27)25(21(24)26,33-12-32-23)20(28)19(22)24/h13-21,27-28H,5-12H2,1-4H3/t13-,14?,15?,16+,17?,18+,19-,20+,21+,22+,23-,24+,25+/m1/s1. The number of likely N-dealkylation sites (N-methyl/N-ethyl adjacent to an activating group) is 1. The summed E-state index contributed by atoms with van der Waals surface area (Å²) in [5.41, 5.74) is -2.15. The molecule has 8 heteroatoms. The van der Waals surface area contributed by atoms with Gasteiger partial charge in [-0.1, -0.05) is 6.92 Å². The van der Waals surface area contributed by atoms with Crippen molar-refractivity contribution in [1.29, 1.82) is 0 Å². The Kier molecular flexibility index (Phi) is 4.46. The minimum absolute atomic E-state index is 0.000557. The fourth-order valence-corrected chi connectivity index (χ4v) is 11.4. The number of rotatable bonds is 5. The zero-order valence-electron chi connectivity index (χ0n) is 20.2. The fraction of sp³-hybridized carbons (Fsp3) is 1.00. The fourth-order valence-electron chi connectivity index (χ4n) is 11.4. The summed E-state index contributed by atoms with van der Waals surface area (Å²) in [5, 5.41) is 24.2. The topological polar surface area (TPSA) is 89.9 Å². The summed E-state index contributed by atoms with van der Waals surface area (Å²) in [5.74, 6) is 0.155. The molecule has 0 aromatic carbocycles. The van der Waals surface area contributed by atoms with E-state index in [1.807, 2.05) is 7.11 Å². The molecule has 2 heterocycles. The van der Waals surface area contributed by atoms with Gasteiger partial charge in [0.25, 0.3) is 0 Å². The van der Waals surface area contributed by atoms with Crippen molar-refractivity contribution in [2.75, 3.05) is 47.8 Å². The van der Waals surface area contributed by atoms with Gasteiger partial charge in [0.1, 0.15) is 18.0 Å². The van der Waals surface area contributed by atoms with Gasteiger partial charge in [-0.15, -0.1) is 0 Å². The van der Waals surface area contributed by atoms with Crippen molar-refractivity contribution in [1.82, 2.24) is 4.90 Å². The lowest BCUT2D eigenvalue weighted by Crippen LogP contribution is -2.81. The maximum atomic E-state index is 12.5. The Morgan fingerprint density at radius 2 is 1.94 bits per heavy atom. The number of hydrogen-bond acceptors (Lipinski definition) is 8. The van der Waals surface area contributed by atoms with Crippen LogP contribution in [0.5, 0.6) is 0 Å². The predicted octanol–water partition coefficient (Wildman–Crippen LogP) is 0.637. The highest BCUT2D eigenvalue weighted by molar-refractivity contribution is 5.42. The summed E-state index contributed by atoms with van der Waals surface area (Å²) in [6, 6.07) is -0.0180. The summed E-state index contributed by atoms with van der Waals surface area (Å²) in [7, 11) is 5.35. The Morgan fingerprint density at radius 1 is 1.12 bits per heavy atom. The highest BCUT2D eigenvalue weighted by atomic mass is 16.7. The van der Waals surface area contributed by atoms with Crippen LogP contribution in [0, 0.1) is 34.5 Å². The van der Waals surface area contributed by atoms with Crippen LogP contribution in [0.3, 0.4) is 0 Å². The maximum Gasteiger partial charge on any atom is 0.148 e. The van der Waals surface area contributed by atoms with E-state index >= 15 is 0 Å². The summed E-state index contributed by atoms with van der Waals surface area (Å²) < 4.78 is 31.5. The average molecular weight is 466 g/mol. The van der Waals surface area contributed by atoms with E-state index in [1.54, 1.807) is 14.2 Å². The quantitative estimate of drug-likeness (QED) is 0.612. The second kappa shape index (κ2) is 6.71. The Morgan fingerprint density at radius 3 is 2.64 bits per heavy atom. The number of methoxy groups -OCH3 is 3. The molecule has 0 aromatic heterocycles. The third kappa shape index (κ3) is 1.98. The van der Waals surface area contributed by atoms with Crippen LogP contribution in [0.15, 0.2) is 0 Å². The second-order valence-corrected chi connectivity index (χ2v) is 12.0. The normalized spacial score (nSPS) is 62.5. The van der Waals surface area contributed by atoms with Crippen LogP contribution in [0.4, 0.5) is 0 Å². The third-order valence-electron chi connectivity index (χ3n) is 11.8. The van der Waals surface area contributed by atoms with E-state index in [1.165, 1.54) is 0 Å². The largest absolute Gasteiger partial charge is 0.392 e. The molecule has 7 aliphatic rings. The smallest absolute Gasteiger partial charge is 0.148 e. The van der Waals surface area contributed by atoms with Gasteiger partial charge in [-0.2, -0.15) is 0 Å². The molecule has 5 aliphatic carbocycles. The van der Waals surface area contributed by atoms with Crippen molar-refractivity contribution in [3.63, 3.8) is 0 Å². The highest BCUT2D eigenvalue weighted by Gasteiger charge is 2.93. The van der Waals surface area contributed by atoms with Crippen LogP contribution < -0.4 is 0 Å². The Hall–Kier alpha value is -0.320. The van der Waals surface area contributed by atoms with E-state index in [9.17, 15) is 10.2 Å². The number of hydrogen-bond donors (Lipinski definition) is 2. The predicted molar refractivity (Wildman–Crippen MR) is 116 cm³/mol. The van der Waals surface area contributed by atoms with Gasteiger partial charge < -0.3 is 33.9 Å². The van der Waals surface area contributed by atoms with Crippen LogP contribution >= 0.6 is 0 Å². The number of aliphatic hydroxyl groups excluding tert-OH is 2. The molecule has 5 saturated carbocycles. The first-order valence-corrected chi connectivity index (χ1v) is 12.9. The molecule has 0 aromatic rings. The number of fused-ring (bicyclic) bond motifs is 1. The van der Waals surface area contributed by atoms with Crippen LogP contribution in [0.25, 0.3) is 0 Å². The number of nitrogens with zero attached hydrogens (tertiary/aromatic N) is 1. The Labute approximate surface area is 195 Å². The van der Waals surface area contributed by atoms with Gasteiger partial charge in [0.15, 0.2) is 0 Å². The monoisotopic (exact) mass is 465 g/mol. The molecule has 0 amide bonds. The van der Waals surface area contributed by atoms with Gasteiger partial charge in [-0.25, -0.2) is 0 Å². The van der Waals surface area contributed by atoms with E-state index in [0.29, 0.717) is 13.0 Å². The summed E-state index contributed by atoms with van der Waals surface area (Å²) in [4.78, 5) is 2.56. The minimum atomic E-state index is -0.904. The van der Waals surface area contributed by atoms with Crippen molar-refractivity contribution < 1.29 is 33.9 Å². The first-order chi connectivity index (χ1) is 15.9. The Bertz CT molecular complexity index is 844. The second-order valence-electron chi connectivity index (χ2n) is 12.0. The first-order valence-electron chi connectivity index (χ1n) is 12.9. The van der Waals surface area contributed by atoms with Gasteiger partial charge >= 0.3 is 0 Å². The van der Waals surface area contributed by atoms with E-state index in [-0.39, 0.29) is 59.5 Å². The summed E-state index contributed by atoms with van der Waals surface area (Å²) in [6.07, 6.45) is 2.11. The number of aliphatic hydroxyl groups is 2. The van der Waals surface area contributed by atoms with Crippen LogP contribution in [0.1, 0.15) is 32.6 Å².